The Morgan fingerprint density at radius 1 is 1.21 bits per heavy atom. The quantitative estimate of drug-likeness (QED) is 0.843. The summed E-state index contributed by atoms with van der Waals surface area (Å²) in [5, 5.41) is 3.76. The molecule has 2 heteroatoms. The van der Waals surface area contributed by atoms with Crippen LogP contribution >= 0.6 is 0 Å². The van der Waals surface area contributed by atoms with E-state index in [4.69, 9.17) is 4.74 Å². The fraction of sp³-hybridized carbons (Fsp3) is 0.647. The van der Waals surface area contributed by atoms with Gasteiger partial charge >= 0.3 is 0 Å². The Bertz CT molecular complexity index is 419. The van der Waals surface area contributed by atoms with Gasteiger partial charge in [0.15, 0.2) is 0 Å². The van der Waals surface area contributed by atoms with E-state index in [2.05, 4.69) is 29.6 Å². The molecule has 104 valence electrons. The SMILES string of the molecule is COc1ccccc1CC1(CNC2CC2)CCCC1. The summed E-state index contributed by atoms with van der Waals surface area (Å²) in [7, 11) is 1.78. The van der Waals surface area contributed by atoms with Gasteiger partial charge in [-0.3, -0.25) is 0 Å². The number of ether oxygens (including phenoxy) is 1. The van der Waals surface area contributed by atoms with Gasteiger partial charge in [0.05, 0.1) is 7.11 Å². The lowest BCUT2D eigenvalue weighted by atomic mass is 9.79. The van der Waals surface area contributed by atoms with E-state index in [0.717, 1.165) is 18.2 Å². The average molecular weight is 259 g/mol. The molecule has 0 unspecified atom stereocenters. The molecule has 0 atom stereocenters. The van der Waals surface area contributed by atoms with Crippen molar-refractivity contribution < 1.29 is 4.74 Å². The smallest absolute Gasteiger partial charge is 0.122 e. The van der Waals surface area contributed by atoms with Gasteiger partial charge < -0.3 is 10.1 Å². The molecule has 3 rings (SSSR count). The van der Waals surface area contributed by atoms with Crippen molar-refractivity contribution in [1.29, 1.82) is 0 Å². The first-order chi connectivity index (χ1) is 9.31. The lowest BCUT2D eigenvalue weighted by Gasteiger charge is -2.30. The Morgan fingerprint density at radius 2 is 1.95 bits per heavy atom. The maximum absolute atomic E-state index is 5.52. The highest BCUT2D eigenvalue weighted by atomic mass is 16.5. The maximum Gasteiger partial charge on any atom is 0.122 e. The van der Waals surface area contributed by atoms with E-state index in [0.29, 0.717) is 5.41 Å². The molecule has 0 saturated heterocycles. The van der Waals surface area contributed by atoms with E-state index in [1.165, 1.54) is 50.6 Å². The molecule has 0 bridgehead atoms. The van der Waals surface area contributed by atoms with Crippen LogP contribution in [-0.4, -0.2) is 19.7 Å². The van der Waals surface area contributed by atoms with E-state index >= 15 is 0 Å². The summed E-state index contributed by atoms with van der Waals surface area (Å²) in [5.74, 6) is 1.06. The minimum atomic E-state index is 0.469. The van der Waals surface area contributed by atoms with E-state index in [1.54, 1.807) is 7.11 Å². The number of rotatable bonds is 6. The lowest BCUT2D eigenvalue weighted by molar-refractivity contribution is 0.272. The molecule has 2 aliphatic carbocycles. The standard InChI is InChI=1S/C17H25NO/c1-19-16-7-3-2-6-14(16)12-17(10-4-5-11-17)13-18-15-8-9-15/h2-3,6-7,15,18H,4-5,8-13H2,1H3. The van der Waals surface area contributed by atoms with Crippen LogP contribution in [-0.2, 0) is 6.42 Å². The summed E-state index contributed by atoms with van der Waals surface area (Å²) in [4.78, 5) is 0. The van der Waals surface area contributed by atoms with Gasteiger partial charge in [0, 0.05) is 12.6 Å². The third-order valence-corrected chi connectivity index (χ3v) is 4.77. The van der Waals surface area contributed by atoms with Crippen LogP contribution < -0.4 is 10.1 Å². The second-order valence-electron chi connectivity index (χ2n) is 6.35. The van der Waals surface area contributed by atoms with E-state index < -0.39 is 0 Å². The van der Waals surface area contributed by atoms with Crippen LogP contribution in [0.25, 0.3) is 0 Å². The van der Waals surface area contributed by atoms with E-state index in [9.17, 15) is 0 Å². The number of nitrogens with one attached hydrogen (secondary N) is 1. The molecule has 0 spiro atoms. The normalized spacial score (nSPS) is 21.5. The van der Waals surface area contributed by atoms with Gasteiger partial charge in [-0.1, -0.05) is 31.0 Å². The molecule has 2 saturated carbocycles. The zero-order valence-corrected chi connectivity index (χ0v) is 12.0. The number of hydrogen-bond donors (Lipinski definition) is 1. The van der Waals surface area contributed by atoms with Crippen LogP contribution in [0, 0.1) is 5.41 Å². The molecule has 0 aliphatic heterocycles. The van der Waals surface area contributed by atoms with Crippen LogP contribution in [0.2, 0.25) is 0 Å². The van der Waals surface area contributed by atoms with Gasteiger partial charge in [0.1, 0.15) is 5.75 Å². The molecule has 1 aromatic rings. The van der Waals surface area contributed by atoms with Crippen LogP contribution in [0.3, 0.4) is 0 Å². The third kappa shape index (κ3) is 3.11. The molecule has 2 nitrogen and oxygen atoms in total. The largest absolute Gasteiger partial charge is 0.496 e. The minimum Gasteiger partial charge on any atom is -0.496 e. The number of hydrogen-bond acceptors (Lipinski definition) is 2. The fourth-order valence-corrected chi connectivity index (χ4v) is 3.44. The molecule has 0 radical (unpaired) electrons. The van der Waals surface area contributed by atoms with Crippen molar-refractivity contribution in [3.05, 3.63) is 29.8 Å². The van der Waals surface area contributed by atoms with Crippen LogP contribution in [0.15, 0.2) is 24.3 Å². The van der Waals surface area contributed by atoms with Crippen molar-refractivity contribution in [2.24, 2.45) is 5.41 Å². The first-order valence-electron chi connectivity index (χ1n) is 7.67. The third-order valence-electron chi connectivity index (χ3n) is 4.77. The predicted octanol–water partition coefficient (Wildman–Crippen LogP) is 3.55. The molecule has 0 amide bonds. The summed E-state index contributed by atoms with van der Waals surface area (Å²) in [5.41, 5.74) is 1.85. The summed E-state index contributed by atoms with van der Waals surface area (Å²) in [6.45, 7) is 1.19. The molecule has 2 aliphatic rings. The summed E-state index contributed by atoms with van der Waals surface area (Å²) in [6, 6.07) is 9.33. The zero-order chi connectivity index (χ0) is 13.1. The number of methoxy groups -OCH3 is 1. The van der Waals surface area contributed by atoms with Crippen molar-refractivity contribution in [2.45, 2.75) is 51.0 Å². The Balaban J connectivity index is 1.72. The monoisotopic (exact) mass is 259 g/mol. The molecule has 0 heterocycles. The molecule has 1 N–H and O–H groups in total. The second-order valence-corrected chi connectivity index (χ2v) is 6.35. The summed E-state index contributed by atoms with van der Waals surface area (Å²) < 4.78 is 5.52. The average Bonchev–Trinajstić information content (AvgIpc) is 3.17. The van der Waals surface area contributed by atoms with E-state index in [-0.39, 0.29) is 0 Å². The van der Waals surface area contributed by atoms with Crippen LogP contribution in [0.5, 0.6) is 5.75 Å². The maximum atomic E-state index is 5.52. The highest BCUT2D eigenvalue weighted by molar-refractivity contribution is 5.34. The van der Waals surface area contributed by atoms with Crippen molar-refractivity contribution in [1.82, 2.24) is 5.32 Å². The van der Waals surface area contributed by atoms with Gasteiger partial charge in [0.2, 0.25) is 0 Å². The first kappa shape index (κ1) is 13.0. The van der Waals surface area contributed by atoms with Gasteiger partial charge in [-0.25, -0.2) is 0 Å². The lowest BCUT2D eigenvalue weighted by Crippen LogP contribution is -2.35. The predicted molar refractivity (Wildman–Crippen MR) is 78.6 cm³/mol. The molecule has 0 aromatic heterocycles. The molecular weight excluding hydrogens is 234 g/mol. The van der Waals surface area contributed by atoms with Gasteiger partial charge in [-0.05, 0) is 49.1 Å². The van der Waals surface area contributed by atoms with Crippen molar-refractivity contribution in [2.75, 3.05) is 13.7 Å². The molecule has 2 fully saturated rings. The molecular formula is C17H25NO. The topological polar surface area (TPSA) is 21.3 Å². The Hall–Kier alpha value is -1.02. The van der Waals surface area contributed by atoms with Gasteiger partial charge in [-0.2, -0.15) is 0 Å². The first-order valence-corrected chi connectivity index (χ1v) is 7.67. The minimum absolute atomic E-state index is 0.469. The summed E-state index contributed by atoms with van der Waals surface area (Å²) >= 11 is 0. The van der Waals surface area contributed by atoms with Crippen LogP contribution in [0.1, 0.15) is 44.1 Å². The highest BCUT2D eigenvalue weighted by Gasteiger charge is 2.36. The Labute approximate surface area is 116 Å². The van der Waals surface area contributed by atoms with Crippen molar-refractivity contribution in [3.8, 4) is 5.75 Å². The Morgan fingerprint density at radius 3 is 2.63 bits per heavy atom. The van der Waals surface area contributed by atoms with E-state index in [1.807, 2.05) is 0 Å². The van der Waals surface area contributed by atoms with Crippen molar-refractivity contribution >= 4 is 0 Å². The van der Waals surface area contributed by atoms with Gasteiger partial charge in [-0.15, -0.1) is 0 Å². The fourth-order valence-electron chi connectivity index (χ4n) is 3.44. The summed E-state index contributed by atoms with van der Waals surface area (Å²) in [6.07, 6.45) is 9.44. The van der Waals surface area contributed by atoms with Crippen LogP contribution in [0.4, 0.5) is 0 Å². The molecule has 1 aromatic carbocycles. The Kier molecular flexibility index (Phi) is 3.79. The van der Waals surface area contributed by atoms with Gasteiger partial charge in [0.25, 0.3) is 0 Å². The molecule has 19 heavy (non-hydrogen) atoms. The number of para-hydroxylation sites is 1. The second kappa shape index (κ2) is 5.54. The number of benzene rings is 1. The van der Waals surface area contributed by atoms with Crippen molar-refractivity contribution in [3.63, 3.8) is 0 Å². The highest BCUT2D eigenvalue weighted by Crippen LogP contribution is 2.42. The zero-order valence-electron chi connectivity index (χ0n) is 12.0.